The van der Waals surface area contributed by atoms with Gasteiger partial charge in [-0.3, -0.25) is 9.59 Å². The number of primary amides is 1. The Balaban J connectivity index is 0.00000243. The molecule has 2 aromatic rings. The summed E-state index contributed by atoms with van der Waals surface area (Å²) in [7, 11) is 0. The summed E-state index contributed by atoms with van der Waals surface area (Å²) in [5.74, 6) is -0.191. The molecule has 26 heavy (non-hydrogen) atoms. The highest BCUT2D eigenvalue weighted by Crippen LogP contribution is 2.31. The van der Waals surface area contributed by atoms with Gasteiger partial charge >= 0.3 is 0 Å². The van der Waals surface area contributed by atoms with Crippen molar-refractivity contribution in [2.24, 2.45) is 5.73 Å². The molecule has 1 unspecified atom stereocenters. The Hall–Kier alpha value is -2.73. The normalized spacial score (nSPS) is 15.3. The average molecular weight is 376 g/mol. The Morgan fingerprint density at radius 2 is 1.88 bits per heavy atom. The summed E-state index contributed by atoms with van der Waals surface area (Å²) in [6, 6.07) is 12.5. The fourth-order valence-electron chi connectivity index (χ4n) is 3.08. The van der Waals surface area contributed by atoms with E-state index in [0.29, 0.717) is 11.3 Å². The Morgan fingerprint density at radius 3 is 2.58 bits per heavy atom. The van der Waals surface area contributed by atoms with Crippen LogP contribution in [0, 0.1) is 0 Å². The largest absolute Gasteiger partial charge is 0.484 e. The lowest BCUT2D eigenvalue weighted by Gasteiger charge is -2.26. The van der Waals surface area contributed by atoms with Crippen LogP contribution in [0.2, 0.25) is 0 Å². The predicted octanol–water partition coefficient (Wildman–Crippen LogP) is 2.36. The van der Waals surface area contributed by atoms with Crippen LogP contribution < -0.4 is 21.5 Å². The van der Waals surface area contributed by atoms with Crippen molar-refractivity contribution in [2.75, 3.05) is 12.3 Å². The van der Waals surface area contributed by atoms with Gasteiger partial charge < -0.3 is 21.5 Å². The number of hydrogen-bond acceptors (Lipinski definition) is 4. The molecule has 0 heterocycles. The summed E-state index contributed by atoms with van der Waals surface area (Å²) in [5, 5.41) is 3.09. The summed E-state index contributed by atoms with van der Waals surface area (Å²) in [6.45, 7) is -0.187. The number of aryl methyl sites for hydroxylation is 1. The molecule has 0 radical (unpaired) electrons. The van der Waals surface area contributed by atoms with Gasteiger partial charge in [-0.15, -0.1) is 12.4 Å². The number of ether oxygens (including phenoxy) is 1. The number of fused-ring (bicyclic) bond motifs is 1. The monoisotopic (exact) mass is 375 g/mol. The van der Waals surface area contributed by atoms with E-state index >= 15 is 0 Å². The second kappa shape index (κ2) is 8.58. The van der Waals surface area contributed by atoms with E-state index in [4.69, 9.17) is 16.2 Å². The predicted molar refractivity (Wildman–Crippen MR) is 102 cm³/mol. The van der Waals surface area contributed by atoms with Gasteiger partial charge in [0.05, 0.1) is 6.04 Å². The lowest BCUT2D eigenvalue weighted by molar-refractivity contribution is -0.119. The number of hydrogen-bond donors (Lipinski definition) is 3. The highest BCUT2D eigenvalue weighted by atomic mass is 35.5. The molecule has 1 aliphatic carbocycles. The standard InChI is InChI=1S/C19H21N3O3.ClH/c20-14-6-9-16-13(10-14)2-1-3-17(16)22-19(24)12-4-7-15(8-5-12)25-11-18(21)23;/h4-10,17H,1-3,11,20H2,(H2,21,23)(H,22,24);1H. The van der Waals surface area contributed by atoms with Crippen molar-refractivity contribution in [2.45, 2.75) is 25.3 Å². The van der Waals surface area contributed by atoms with Crippen LogP contribution in [0.25, 0.3) is 0 Å². The van der Waals surface area contributed by atoms with E-state index in [1.54, 1.807) is 24.3 Å². The molecule has 0 fully saturated rings. The molecule has 138 valence electrons. The van der Waals surface area contributed by atoms with Crippen LogP contribution in [-0.4, -0.2) is 18.4 Å². The van der Waals surface area contributed by atoms with Crippen molar-refractivity contribution < 1.29 is 14.3 Å². The fraction of sp³-hybridized carbons (Fsp3) is 0.263. The maximum absolute atomic E-state index is 12.5. The number of anilines is 1. The molecule has 1 atom stereocenters. The van der Waals surface area contributed by atoms with Crippen molar-refractivity contribution >= 4 is 29.9 Å². The van der Waals surface area contributed by atoms with Crippen molar-refractivity contribution in [1.82, 2.24) is 5.32 Å². The Labute approximate surface area is 158 Å². The number of benzene rings is 2. The van der Waals surface area contributed by atoms with Gasteiger partial charge in [0.2, 0.25) is 0 Å². The molecule has 2 amide bonds. The van der Waals surface area contributed by atoms with Gasteiger partial charge in [0.15, 0.2) is 6.61 Å². The highest BCUT2D eigenvalue weighted by molar-refractivity contribution is 5.94. The zero-order chi connectivity index (χ0) is 17.8. The Kier molecular flexibility index (Phi) is 6.46. The number of carbonyl (C=O) groups is 2. The van der Waals surface area contributed by atoms with Gasteiger partial charge in [0.1, 0.15) is 5.75 Å². The first-order valence-corrected chi connectivity index (χ1v) is 8.23. The van der Waals surface area contributed by atoms with E-state index in [9.17, 15) is 9.59 Å². The van der Waals surface area contributed by atoms with Crippen LogP contribution in [0.1, 0.15) is 40.4 Å². The molecular weight excluding hydrogens is 354 g/mol. The number of amides is 2. The van der Waals surface area contributed by atoms with Crippen molar-refractivity contribution in [3.63, 3.8) is 0 Å². The van der Waals surface area contributed by atoms with E-state index in [2.05, 4.69) is 5.32 Å². The highest BCUT2D eigenvalue weighted by Gasteiger charge is 2.22. The number of halogens is 1. The van der Waals surface area contributed by atoms with Crippen LogP contribution in [0.15, 0.2) is 42.5 Å². The minimum atomic E-state index is -0.543. The van der Waals surface area contributed by atoms with Crippen molar-refractivity contribution in [3.8, 4) is 5.75 Å². The molecular formula is C19H22ClN3O3. The second-order valence-corrected chi connectivity index (χ2v) is 6.16. The van der Waals surface area contributed by atoms with E-state index in [1.165, 1.54) is 5.56 Å². The number of nitrogens with two attached hydrogens (primary N) is 2. The summed E-state index contributed by atoms with van der Waals surface area (Å²) < 4.78 is 5.19. The van der Waals surface area contributed by atoms with Crippen LogP contribution in [-0.2, 0) is 11.2 Å². The van der Waals surface area contributed by atoms with Crippen molar-refractivity contribution in [1.29, 1.82) is 0 Å². The number of nitrogen functional groups attached to an aromatic ring is 1. The van der Waals surface area contributed by atoms with Crippen molar-refractivity contribution in [3.05, 3.63) is 59.2 Å². The Morgan fingerprint density at radius 1 is 1.15 bits per heavy atom. The van der Waals surface area contributed by atoms with E-state index in [-0.39, 0.29) is 31.0 Å². The fourth-order valence-corrected chi connectivity index (χ4v) is 3.08. The zero-order valence-electron chi connectivity index (χ0n) is 14.2. The molecule has 7 heteroatoms. The molecule has 0 spiro atoms. The third-order valence-corrected chi connectivity index (χ3v) is 4.28. The minimum Gasteiger partial charge on any atom is -0.484 e. The summed E-state index contributed by atoms with van der Waals surface area (Å²) >= 11 is 0. The van der Waals surface area contributed by atoms with E-state index in [0.717, 1.165) is 30.5 Å². The SMILES string of the molecule is Cl.NC(=O)COc1ccc(C(=O)NC2CCCc3cc(N)ccc32)cc1. The van der Waals surface area contributed by atoms with Gasteiger partial charge in [-0.25, -0.2) is 0 Å². The molecule has 0 aromatic heterocycles. The summed E-state index contributed by atoms with van der Waals surface area (Å²) in [4.78, 5) is 23.2. The number of carbonyl (C=O) groups excluding carboxylic acids is 2. The summed E-state index contributed by atoms with van der Waals surface area (Å²) in [5.41, 5.74) is 14.5. The third kappa shape index (κ3) is 4.67. The smallest absolute Gasteiger partial charge is 0.255 e. The van der Waals surface area contributed by atoms with E-state index < -0.39 is 5.91 Å². The van der Waals surface area contributed by atoms with Gasteiger partial charge in [-0.05, 0) is 66.8 Å². The van der Waals surface area contributed by atoms with E-state index in [1.807, 2.05) is 18.2 Å². The van der Waals surface area contributed by atoms with Crippen LogP contribution >= 0.6 is 12.4 Å². The lowest BCUT2D eigenvalue weighted by atomic mass is 9.87. The maximum Gasteiger partial charge on any atom is 0.255 e. The van der Waals surface area contributed by atoms with Gasteiger partial charge in [0.25, 0.3) is 11.8 Å². The zero-order valence-corrected chi connectivity index (χ0v) is 15.1. The molecule has 0 saturated heterocycles. The first-order chi connectivity index (χ1) is 12.0. The second-order valence-electron chi connectivity index (χ2n) is 6.16. The van der Waals surface area contributed by atoms with Gasteiger partial charge in [0, 0.05) is 11.3 Å². The summed E-state index contributed by atoms with van der Waals surface area (Å²) in [6.07, 6.45) is 2.91. The topological polar surface area (TPSA) is 107 Å². The molecule has 5 N–H and O–H groups in total. The molecule has 6 nitrogen and oxygen atoms in total. The Bertz CT molecular complexity index is 793. The lowest BCUT2D eigenvalue weighted by Crippen LogP contribution is -2.31. The maximum atomic E-state index is 12.5. The molecule has 0 saturated carbocycles. The molecule has 2 aromatic carbocycles. The van der Waals surface area contributed by atoms with Crippen LogP contribution in [0.4, 0.5) is 5.69 Å². The average Bonchev–Trinajstić information content (AvgIpc) is 2.60. The minimum absolute atomic E-state index is 0. The third-order valence-electron chi connectivity index (χ3n) is 4.28. The van der Waals surface area contributed by atoms with Crippen LogP contribution in [0.3, 0.4) is 0 Å². The first-order valence-electron chi connectivity index (χ1n) is 8.23. The molecule has 1 aliphatic rings. The molecule has 3 rings (SSSR count). The number of rotatable bonds is 5. The number of nitrogens with one attached hydrogen (secondary N) is 1. The first kappa shape index (κ1) is 19.6. The quantitative estimate of drug-likeness (QED) is 0.697. The van der Waals surface area contributed by atoms with Gasteiger partial charge in [-0.1, -0.05) is 6.07 Å². The van der Waals surface area contributed by atoms with Gasteiger partial charge in [-0.2, -0.15) is 0 Å². The van der Waals surface area contributed by atoms with Crippen LogP contribution in [0.5, 0.6) is 5.75 Å². The molecule has 0 bridgehead atoms. The molecule has 0 aliphatic heterocycles.